The van der Waals surface area contributed by atoms with Gasteiger partial charge in [0.15, 0.2) is 5.13 Å². The van der Waals surface area contributed by atoms with Crippen molar-refractivity contribution in [2.24, 2.45) is 5.92 Å². The molecule has 1 unspecified atom stereocenters. The summed E-state index contributed by atoms with van der Waals surface area (Å²) in [6, 6.07) is 6.24. The van der Waals surface area contributed by atoms with Crippen LogP contribution in [0.5, 0.6) is 5.75 Å². The summed E-state index contributed by atoms with van der Waals surface area (Å²) in [6.45, 7) is 6.67. The molecular formula is C17H22N2OS. The molecule has 3 nitrogen and oxygen atoms in total. The topological polar surface area (TPSA) is 25.4 Å². The number of hydrogen-bond acceptors (Lipinski definition) is 4. The Labute approximate surface area is 130 Å². The van der Waals surface area contributed by atoms with Crippen LogP contribution >= 0.6 is 11.3 Å². The van der Waals surface area contributed by atoms with Crippen molar-refractivity contribution in [1.82, 2.24) is 4.98 Å². The zero-order valence-corrected chi connectivity index (χ0v) is 13.7. The number of thiazole rings is 1. The lowest BCUT2D eigenvalue weighted by atomic mass is 10.0. The second-order valence-corrected chi connectivity index (χ2v) is 6.75. The van der Waals surface area contributed by atoms with E-state index in [1.807, 2.05) is 6.07 Å². The van der Waals surface area contributed by atoms with Crippen molar-refractivity contribution in [2.45, 2.75) is 26.7 Å². The van der Waals surface area contributed by atoms with E-state index in [2.05, 4.69) is 36.3 Å². The van der Waals surface area contributed by atoms with Crippen molar-refractivity contribution in [2.75, 3.05) is 25.1 Å². The maximum atomic E-state index is 5.48. The van der Waals surface area contributed by atoms with Crippen LogP contribution in [-0.4, -0.2) is 25.2 Å². The minimum Gasteiger partial charge on any atom is -0.496 e. The normalized spacial score (nSPS) is 18.8. The van der Waals surface area contributed by atoms with E-state index in [0.29, 0.717) is 0 Å². The molecule has 4 heteroatoms. The summed E-state index contributed by atoms with van der Waals surface area (Å²) in [5.74, 6) is 1.66. The van der Waals surface area contributed by atoms with Crippen LogP contribution in [0.4, 0.5) is 5.13 Å². The third-order valence-corrected chi connectivity index (χ3v) is 4.95. The first-order valence-electron chi connectivity index (χ1n) is 7.53. The summed E-state index contributed by atoms with van der Waals surface area (Å²) in [5, 5.41) is 3.28. The fourth-order valence-corrected chi connectivity index (χ4v) is 3.78. The van der Waals surface area contributed by atoms with Crippen LogP contribution in [0.25, 0.3) is 11.3 Å². The Kier molecular flexibility index (Phi) is 4.15. The molecule has 0 N–H and O–H groups in total. The quantitative estimate of drug-likeness (QED) is 0.842. The molecule has 112 valence electrons. The van der Waals surface area contributed by atoms with Crippen LogP contribution in [-0.2, 0) is 0 Å². The van der Waals surface area contributed by atoms with Crippen LogP contribution in [0.1, 0.15) is 25.3 Å². The lowest BCUT2D eigenvalue weighted by molar-refractivity contribution is 0.416. The molecule has 21 heavy (non-hydrogen) atoms. The fourth-order valence-electron chi connectivity index (χ4n) is 2.92. The number of rotatable bonds is 3. The lowest BCUT2D eigenvalue weighted by Crippen LogP contribution is -2.34. The average Bonchev–Trinajstić information content (AvgIpc) is 2.97. The molecule has 3 rings (SSSR count). The van der Waals surface area contributed by atoms with Gasteiger partial charge in [0.25, 0.3) is 0 Å². The molecule has 1 aromatic heterocycles. The van der Waals surface area contributed by atoms with Gasteiger partial charge in [-0.2, -0.15) is 0 Å². The Morgan fingerprint density at radius 1 is 1.38 bits per heavy atom. The minimum absolute atomic E-state index is 0.764. The van der Waals surface area contributed by atoms with Gasteiger partial charge in [0.1, 0.15) is 5.75 Å². The van der Waals surface area contributed by atoms with Gasteiger partial charge in [-0.15, -0.1) is 11.3 Å². The fraction of sp³-hybridized carbons (Fsp3) is 0.471. The maximum Gasteiger partial charge on any atom is 0.185 e. The molecule has 0 bridgehead atoms. The molecule has 1 aromatic carbocycles. The van der Waals surface area contributed by atoms with Gasteiger partial charge in [-0.1, -0.05) is 18.6 Å². The first kappa shape index (κ1) is 14.4. The monoisotopic (exact) mass is 302 g/mol. The number of anilines is 1. The van der Waals surface area contributed by atoms with Crippen molar-refractivity contribution in [3.8, 4) is 17.0 Å². The van der Waals surface area contributed by atoms with Crippen molar-refractivity contribution in [1.29, 1.82) is 0 Å². The molecule has 1 saturated heterocycles. The van der Waals surface area contributed by atoms with Gasteiger partial charge in [0, 0.05) is 24.0 Å². The number of aryl methyl sites for hydroxylation is 1. The Morgan fingerprint density at radius 3 is 3.00 bits per heavy atom. The molecule has 2 aromatic rings. The predicted octanol–water partition coefficient (Wildman–Crippen LogP) is 4.36. The summed E-state index contributed by atoms with van der Waals surface area (Å²) in [5.41, 5.74) is 3.34. The van der Waals surface area contributed by atoms with Crippen LogP contribution < -0.4 is 9.64 Å². The number of nitrogens with zero attached hydrogens (tertiary/aromatic N) is 2. The minimum atomic E-state index is 0.764. The molecule has 0 aliphatic carbocycles. The third kappa shape index (κ3) is 3.05. The van der Waals surface area contributed by atoms with Gasteiger partial charge in [-0.05, 0) is 37.8 Å². The Balaban J connectivity index is 1.89. The Hall–Kier alpha value is -1.55. The SMILES string of the molecule is COc1ccc(C)cc1-c1csc(N2CCCC(C)C2)n1. The first-order valence-corrected chi connectivity index (χ1v) is 8.41. The smallest absolute Gasteiger partial charge is 0.185 e. The highest BCUT2D eigenvalue weighted by molar-refractivity contribution is 7.14. The van der Waals surface area contributed by atoms with E-state index >= 15 is 0 Å². The third-order valence-electron chi connectivity index (χ3n) is 4.05. The molecule has 0 spiro atoms. The van der Waals surface area contributed by atoms with Gasteiger partial charge in [-0.3, -0.25) is 0 Å². The molecule has 0 radical (unpaired) electrons. The molecule has 2 heterocycles. The van der Waals surface area contributed by atoms with Crippen LogP contribution in [0.3, 0.4) is 0 Å². The number of aromatic nitrogens is 1. The van der Waals surface area contributed by atoms with E-state index in [0.717, 1.165) is 41.1 Å². The summed E-state index contributed by atoms with van der Waals surface area (Å²) >= 11 is 1.74. The van der Waals surface area contributed by atoms with Crippen LogP contribution in [0.15, 0.2) is 23.6 Å². The van der Waals surface area contributed by atoms with Crippen LogP contribution in [0, 0.1) is 12.8 Å². The van der Waals surface area contributed by atoms with Gasteiger partial charge in [-0.25, -0.2) is 4.98 Å². The maximum absolute atomic E-state index is 5.48. The van der Waals surface area contributed by atoms with Gasteiger partial charge in [0.2, 0.25) is 0 Å². The number of benzene rings is 1. The molecular weight excluding hydrogens is 280 g/mol. The summed E-state index contributed by atoms with van der Waals surface area (Å²) in [4.78, 5) is 7.27. The van der Waals surface area contributed by atoms with Gasteiger partial charge < -0.3 is 9.64 Å². The van der Waals surface area contributed by atoms with Crippen molar-refractivity contribution in [3.05, 3.63) is 29.1 Å². The van der Waals surface area contributed by atoms with Crippen molar-refractivity contribution < 1.29 is 4.74 Å². The largest absolute Gasteiger partial charge is 0.496 e. The second-order valence-electron chi connectivity index (χ2n) is 5.91. The zero-order valence-electron chi connectivity index (χ0n) is 12.9. The standard InChI is InChI=1S/C17H22N2OS/c1-12-6-7-16(20-3)14(9-12)15-11-21-17(18-15)19-8-4-5-13(2)10-19/h6-7,9,11,13H,4-5,8,10H2,1-3H3. The predicted molar refractivity (Wildman–Crippen MR) is 89.5 cm³/mol. The number of piperidine rings is 1. The molecule has 1 aliphatic rings. The summed E-state index contributed by atoms with van der Waals surface area (Å²) in [7, 11) is 1.72. The Morgan fingerprint density at radius 2 is 2.24 bits per heavy atom. The van der Waals surface area contributed by atoms with Gasteiger partial charge >= 0.3 is 0 Å². The number of hydrogen-bond donors (Lipinski definition) is 0. The van der Waals surface area contributed by atoms with E-state index in [1.54, 1.807) is 18.4 Å². The summed E-state index contributed by atoms with van der Waals surface area (Å²) < 4.78 is 5.48. The van der Waals surface area contributed by atoms with E-state index in [9.17, 15) is 0 Å². The highest BCUT2D eigenvalue weighted by Crippen LogP contribution is 2.35. The van der Waals surface area contributed by atoms with E-state index in [4.69, 9.17) is 9.72 Å². The molecule has 1 fully saturated rings. The molecule has 1 aliphatic heterocycles. The second kappa shape index (κ2) is 6.06. The summed E-state index contributed by atoms with van der Waals surface area (Å²) in [6.07, 6.45) is 2.60. The molecule has 1 atom stereocenters. The van der Waals surface area contributed by atoms with Crippen molar-refractivity contribution >= 4 is 16.5 Å². The highest BCUT2D eigenvalue weighted by Gasteiger charge is 2.20. The Bertz CT molecular complexity index is 623. The number of ether oxygens (including phenoxy) is 1. The molecule has 0 amide bonds. The lowest BCUT2D eigenvalue weighted by Gasteiger charge is -2.30. The van der Waals surface area contributed by atoms with Crippen LogP contribution in [0.2, 0.25) is 0 Å². The van der Waals surface area contributed by atoms with Crippen molar-refractivity contribution in [3.63, 3.8) is 0 Å². The van der Waals surface area contributed by atoms with E-state index in [-0.39, 0.29) is 0 Å². The average molecular weight is 302 g/mol. The first-order chi connectivity index (χ1) is 10.2. The number of methoxy groups -OCH3 is 1. The highest BCUT2D eigenvalue weighted by atomic mass is 32.1. The van der Waals surface area contributed by atoms with E-state index in [1.165, 1.54) is 18.4 Å². The zero-order chi connectivity index (χ0) is 14.8. The molecule has 0 saturated carbocycles. The van der Waals surface area contributed by atoms with E-state index < -0.39 is 0 Å². The van der Waals surface area contributed by atoms with Gasteiger partial charge in [0.05, 0.1) is 12.8 Å².